The number of hydrogen-bond donors (Lipinski definition) is 2. The van der Waals surface area contributed by atoms with Crippen molar-refractivity contribution in [3.63, 3.8) is 0 Å². The van der Waals surface area contributed by atoms with E-state index in [1.54, 1.807) is 0 Å². The molecule has 2 N–H and O–H groups in total. The molecule has 0 aromatic heterocycles. The van der Waals surface area contributed by atoms with Gasteiger partial charge in [-0.15, -0.1) is 0 Å². The number of methoxy groups -OCH3 is 1. The summed E-state index contributed by atoms with van der Waals surface area (Å²) < 4.78 is 8.78. The molecule has 0 aromatic rings. The van der Waals surface area contributed by atoms with Gasteiger partial charge in [0.15, 0.2) is 6.79 Å². The van der Waals surface area contributed by atoms with Gasteiger partial charge in [-0.3, -0.25) is 0 Å². The number of esters is 1. The lowest BCUT2D eigenvalue weighted by atomic mass is 10.7. The number of ether oxygens (including phenoxy) is 2. The van der Waals surface area contributed by atoms with Crippen molar-refractivity contribution in [1.29, 1.82) is 0 Å². The van der Waals surface area contributed by atoms with Gasteiger partial charge in [-0.05, 0) is 0 Å². The van der Waals surface area contributed by atoms with Crippen LogP contribution in [0.2, 0.25) is 0 Å². The molecule has 0 bridgehead atoms. The number of aliphatic hydroxyl groups is 2. The van der Waals surface area contributed by atoms with Gasteiger partial charge in [-0.2, -0.15) is 0 Å². The highest BCUT2D eigenvalue weighted by molar-refractivity contribution is 5.81. The first-order chi connectivity index (χ1) is 5.72. The number of aliphatic hydroxyl groups excluding tert-OH is 2. The van der Waals surface area contributed by atoms with E-state index >= 15 is 0 Å². The van der Waals surface area contributed by atoms with Gasteiger partial charge in [0.05, 0.1) is 13.2 Å². The highest BCUT2D eigenvalue weighted by Gasteiger charge is 1.89. The molecule has 0 heterocycles. The fourth-order valence-corrected chi connectivity index (χ4v) is 0.176. The SMILES string of the molecule is C=CC(=O)OCOC.OCCO. The molecule has 0 amide bonds. The van der Waals surface area contributed by atoms with Crippen LogP contribution < -0.4 is 0 Å². The zero-order valence-corrected chi connectivity index (χ0v) is 7.02. The molecule has 0 rings (SSSR count). The average molecular weight is 178 g/mol. The van der Waals surface area contributed by atoms with Crippen molar-refractivity contribution in [2.75, 3.05) is 27.1 Å². The molecule has 0 atom stereocenters. The summed E-state index contributed by atoms with van der Waals surface area (Å²) in [7, 11) is 1.44. The maximum Gasteiger partial charge on any atom is 0.332 e. The topological polar surface area (TPSA) is 76.0 Å². The summed E-state index contributed by atoms with van der Waals surface area (Å²) in [6, 6.07) is 0. The third-order valence-electron chi connectivity index (χ3n) is 0.586. The van der Waals surface area contributed by atoms with Crippen LogP contribution in [-0.2, 0) is 14.3 Å². The summed E-state index contributed by atoms with van der Waals surface area (Å²) in [6.45, 7) is 2.92. The monoisotopic (exact) mass is 178 g/mol. The molecular formula is C7H14O5. The van der Waals surface area contributed by atoms with Crippen LogP contribution in [0.25, 0.3) is 0 Å². The Morgan fingerprint density at radius 3 is 2.25 bits per heavy atom. The Balaban J connectivity index is 0. The predicted octanol–water partition coefficient (Wildman–Crippen LogP) is -0.710. The molecule has 0 fully saturated rings. The lowest BCUT2D eigenvalue weighted by Crippen LogP contribution is -2.02. The normalized spacial score (nSPS) is 7.92. The second-order valence-electron chi connectivity index (χ2n) is 1.52. The first-order valence-electron chi connectivity index (χ1n) is 3.22. The van der Waals surface area contributed by atoms with E-state index in [9.17, 15) is 4.79 Å². The van der Waals surface area contributed by atoms with Crippen molar-refractivity contribution in [3.05, 3.63) is 12.7 Å². The Morgan fingerprint density at radius 2 is 2.00 bits per heavy atom. The minimum absolute atomic E-state index is 0.00907. The molecule has 5 nitrogen and oxygen atoms in total. The minimum Gasteiger partial charge on any atom is -0.435 e. The van der Waals surface area contributed by atoms with Crippen LogP contribution in [0.3, 0.4) is 0 Å². The maximum absolute atomic E-state index is 10.2. The van der Waals surface area contributed by atoms with Gasteiger partial charge in [0.1, 0.15) is 0 Å². The Labute approximate surface area is 71.2 Å². The van der Waals surface area contributed by atoms with Gasteiger partial charge < -0.3 is 19.7 Å². The van der Waals surface area contributed by atoms with E-state index in [1.165, 1.54) is 7.11 Å². The zero-order valence-electron chi connectivity index (χ0n) is 7.02. The second-order valence-corrected chi connectivity index (χ2v) is 1.52. The summed E-state index contributed by atoms with van der Waals surface area (Å²) in [5.74, 6) is -0.466. The van der Waals surface area contributed by atoms with Crippen molar-refractivity contribution in [3.8, 4) is 0 Å². The van der Waals surface area contributed by atoms with E-state index in [4.69, 9.17) is 10.2 Å². The molecule has 0 saturated carbocycles. The first-order valence-corrected chi connectivity index (χ1v) is 3.22. The fourth-order valence-electron chi connectivity index (χ4n) is 0.176. The first kappa shape index (κ1) is 13.7. The summed E-state index contributed by atoms with van der Waals surface area (Å²) >= 11 is 0. The van der Waals surface area contributed by atoms with Crippen molar-refractivity contribution in [2.24, 2.45) is 0 Å². The van der Waals surface area contributed by atoms with Crippen molar-refractivity contribution >= 4 is 5.97 Å². The molecule has 5 heteroatoms. The maximum atomic E-state index is 10.2. The Hall–Kier alpha value is -0.910. The van der Waals surface area contributed by atoms with E-state index in [1.807, 2.05) is 0 Å². The van der Waals surface area contributed by atoms with Crippen LogP contribution in [0.15, 0.2) is 12.7 Å². The second kappa shape index (κ2) is 12.7. The van der Waals surface area contributed by atoms with Gasteiger partial charge in [0.2, 0.25) is 0 Å². The molecule has 0 spiro atoms. The van der Waals surface area contributed by atoms with Gasteiger partial charge in [-0.25, -0.2) is 4.79 Å². The zero-order chi connectivity index (χ0) is 9.82. The van der Waals surface area contributed by atoms with E-state index in [-0.39, 0.29) is 20.0 Å². The van der Waals surface area contributed by atoms with Crippen LogP contribution >= 0.6 is 0 Å². The molecule has 0 radical (unpaired) electrons. The van der Waals surface area contributed by atoms with E-state index in [2.05, 4.69) is 16.1 Å². The van der Waals surface area contributed by atoms with Crippen molar-refractivity contribution in [2.45, 2.75) is 0 Å². The summed E-state index contributed by atoms with van der Waals surface area (Å²) in [5, 5.41) is 15.2. The summed E-state index contributed by atoms with van der Waals surface area (Å²) in [5.41, 5.74) is 0. The molecule has 12 heavy (non-hydrogen) atoms. The van der Waals surface area contributed by atoms with Gasteiger partial charge in [0.25, 0.3) is 0 Å². The summed E-state index contributed by atoms with van der Waals surface area (Å²) in [4.78, 5) is 10.2. The average Bonchev–Trinajstić information content (AvgIpc) is 2.14. The van der Waals surface area contributed by atoms with Crippen LogP contribution in [0.5, 0.6) is 0 Å². The summed E-state index contributed by atoms with van der Waals surface area (Å²) in [6.07, 6.45) is 1.08. The lowest BCUT2D eigenvalue weighted by molar-refractivity contribution is -0.147. The van der Waals surface area contributed by atoms with Crippen molar-refractivity contribution < 1.29 is 24.5 Å². The number of rotatable bonds is 4. The molecule has 0 aliphatic carbocycles. The third kappa shape index (κ3) is 16.0. The quantitative estimate of drug-likeness (QED) is 0.338. The number of carbonyl (C=O) groups excluding carboxylic acids is 1. The molecular weight excluding hydrogens is 164 g/mol. The van der Waals surface area contributed by atoms with E-state index in [0.29, 0.717) is 0 Å². The van der Waals surface area contributed by atoms with Crippen LogP contribution in [0.4, 0.5) is 0 Å². The molecule has 0 saturated heterocycles. The smallest absolute Gasteiger partial charge is 0.332 e. The van der Waals surface area contributed by atoms with E-state index < -0.39 is 5.97 Å². The molecule has 0 unspecified atom stereocenters. The van der Waals surface area contributed by atoms with Crippen LogP contribution in [0.1, 0.15) is 0 Å². The lowest BCUT2D eigenvalue weighted by Gasteiger charge is -1.95. The largest absolute Gasteiger partial charge is 0.435 e. The highest BCUT2D eigenvalue weighted by Crippen LogP contribution is 1.76. The molecule has 0 aromatic carbocycles. The Kier molecular flexibility index (Phi) is 14.5. The van der Waals surface area contributed by atoms with Crippen molar-refractivity contribution in [1.82, 2.24) is 0 Å². The van der Waals surface area contributed by atoms with E-state index in [0.717, 1.165) is 6.08 Å². The molecule has 72 valence electrons. The fraction of sp³-hybridized carbons (Fsp3) is 0.571. The number of hydrogen-bond acceptors (Lipinski definition) is 5. The minimum atomic E-state index is -0.466. The van der Waals surface area contributed by atoms with Crippen LogP contribution in [0, 0.1) is 0 Å². The molecule has 0 aliphatic heterocycles. The number of carbonyl (C=O) groups is 1. The van der Waals surface area contributed by atoms with Gasteiger partial charge >= 0.3 is 5.97 Å². The van der Waals surface area contributed by atoms with Gasteiger partial charge in [-0.1, -0.05) is 6.58 Å². The Morgan fingerprint density at radius 1 is 1.50 bits per heavy atom. The van der Waals surface area contributed by atoms with Gasteiger partial charge in [0, 0.05) is 13.2 Å². The Bertz CT molecular complexity index is 110. The standard InChI is InChI=1S/C5H8O3.C2H6O2/c1-3-5(6)8-4-7-2;3-1-2-4/h3H,1,4H2,2H3;3-4H,1-2H2. The third-order valence-corrected chi connectivity index (χ3v) is 0.586. The molecule has 0 aliphatic rings. The predicted molar refractivity (Wildman–Crippen MR) is 42.3 cm³/mol. The van der Waals surface area contributed by atoms with Crippen LogP contribution in [-0.4, -0.2) is 43.3 Å². The highest BCUT2D eigenvalue weighted by atomic mass is 16.7.